The summed E-state index contributed by atoms with van der Waals surface area (Å²) in [7, 11) is 3.18. The van der Waals surface area contributed by atoms with Crippen LogP contribution in [0.4, 0.5) is 4.79 Å². The Bertz CT molecular complexity index is 2010. The summed E-state index contributed by atoms with van der Waals surface area (Å²) in [6, 6.07) is 39.4. The minimum absolute atomic E-state index is 0.0213. The van der Waals surface area contributed by atoms with Gasteiger partial charge in [0.1, 0.15) is 30.5 Å². The molecule has 0 aliphatic heterocycles. The molecule has 1 fully saturated rings. The van der Waals surface area contributed by atoms with Crippen molar-refractivity contribution >= 4 is 11.9 Å². The van der Waals surface area contributed by atoms with Gasteiger partial charge in [0.2, 0.25) is 0 Å². The molecular formula is C47H50N2O6. The molecule has 0 radical (unpaired) electrons. The SMILES string of the molecule is COc1ccc(C(NC(=O)OCC2c3ccccc3-c3ccccc32)c2ccc(OCC(=O)CNC(c3ccccc3)C3CCC(C)CC3)cc2)c(OC)c1. The smallest absolute Gasteiger partial charge is 0.407 e. The van der Waals surface area contributed by atoms with E-state index in [4.69, 9.17) is 18.9 Å². The minimum atomic E-state index is -0.617. The quantitative estimate of drug-likeness (QED) is 0.111. The molecule has 0 aromatic heterocycles. The van der Waals surface area contributed by atoms with Crippen LogP contribution in [0, 0.1) is 11.8 Å². The molecule has 7 rings (SSSR count). The third-order valence-electron chi connectivity index (χ3n) is 11.2. The maximum atomic E-state index is 13.6. The van der Waals surface area contributed by atoms with Gasteiger partial charge in [0.25, 0.3) is 0 Å². The lowest BCUT2D eigenvalue weighted by molar-refractivity contribution is -0.120. The summed E-state index contributed by atoms with van der Waals surface area (Å²) in [6.07, 6.45) is 4.19. The van der Waals surface area contributed by atoms with Crippen LogP contribution >= 0.6 is 0 Å². The van der Waals surface area contributed by atoms with Crippen LogP contribution in [0.25, 0.3) is 11.1 Å². The fourth-order valence-electron chi connectivity index (χ4n) is 8.19. The molecule has 1 amide bonds. The lowest BCUT2D eigenvalue weighted by Gasteiger charge is -2.33. The van der Waals surface area contributed by atoms with Crippen molar-refractivity contribution in [3.8, 4) is 28.4 Å². The number of carbonyl (C=O) groups is 2. The fourth-order valence-corrected chi connectivity index (χ4v) is 8.19. The van der Waals surface area contributed by atoms with E-state index < -0.39 is 12.1 Å². The molecule has 2 aliphatic rings. The Labute approximate surface area is 324 Å². The van der Waals surface area contributed by atoms with Crippen LogP contribution in [0.3, 0.4) is 0 Å². The van der Waals surface area contributed by atoms with E-state index in [0.717, 1.165) is 41.0 Å². The highest BCUT2D eigenvalue weighted by Gasteiger charge is 2.31. The summed E-state index contributed by atoms with van der Waals surface area (Å²) in [5.74, 6) is 2.91. The summed E-state index contributed by atoms with van der Waals surface area (Å²) < 4.78 is 23.1. The number of carbonyl (C=O) groups excluding carboxylic acids is 2. The molecular weight excluding hydrogens is 689 g/mol. The van der Waals surface area contributed by atoms with Crippen molar-refractivity contribution in [1.29, 1.82) is 0 Å². The van der Waals surface area contributed by atoms with Crippen LogP contribution in [0.1, 0.15) is 78.4 Å². The van der Waals surface area contributed by atoms with E-state index >= 15 is 0 Å². The summed E-state index contributed by atoms with van der Waals surface area (Å²) in [4.78, 5) is 26.7. The number of amides is 1. The number of alkyl carbamates (subject to hydrolysis) is 1. The molecule has 2 N–H and O–H groups in total. The van der Waals surface area contributed by atoms with Crippen LogP contribution in [0.5, 0.6) is 17.2 Å². The number of hydrogen-bond donors (Lipinski definition) is 2. The van der Waals surface area contributed by atoms with Crippen LogP contribution in [-0.4, -0.2) is 45.9 Å². The van der Waals surface area contributed by atoms with Gasteiger partial charge in [-0.3, -0.25) is 4.79 Å². The Morgan fingerprint density at radius 3 is 2.00 bits per heavy atom. The van der Waals surface area contributed by atoms with Gasteiger partial charge in [-0.1, -0.05) is 111 Å². The number of fused-ring (bicyclic) bond motifs is 3. The van der Waals surface area contributed by atoms with E-state index in [0.29, 0.717) is 23.2 Å². The molecule has 1 saturated carbocycles. The Hall–Kier alpha value is -5.60. The number of nitrogens with one attached hydrogen (secondary N) is 2. The molecule has 5 aromatic rings. The average molecular weight is 739 g/mol. The van der Waals surface area contributed by atoms with Gasteiger partial charge in [-0.2, -0.15) is 0 Å². The van der Waals surface area contributed by atoms with Gasteiger partial charge in [0, 0.05) is 23.6 Å². The maximum Gasteiger partial charge on any atom is 0.407 e. The molecule has 2 atom stereocenters. The van der Waals surface area contributed by atoms with Crippen molar-refractivity contribution < 1.29 is 28.5 Å². The lowest BCUT2D eigenvalue weighted by atomic mass is 9.77. The second-order valence-corrected chi connectivity index (χ2v) is 14.7. The van der Waals surface area contributed by atoms with Crippen LogP contribution in [0.15, 0.2) is 121 Å². The number of Topliss-reactive ketones (excluding diaryl/α,β-unsaturated/α-hetero) is 1. The zero-order chi connectivity index (χ0) is 38.1. The van der Waals surface area contributed by atoms with Crippen LogP contribution in [-0.2, 0) is 9.53 Å². The van der Waals surface area contributed by atoms with Crippen molar-refractivity contribution in [2.75, 3.05) is 34.0 Å². The molecule has 284 valence electrons. The molecule has 0 heterocycles. The summed E-state index contributed by atoms with van der Waals surface area (Å²) in [5.41, 5.74) is 7.35. The number of benzene rings is 5. The predicted octanol–water partition coefficient (Wildman–Crippen LogP) is 9.44. The zero-order valence-electron chi connectivity index (χ0n) is 31.8. The molecule has 2 aliphatic carbocycles. The van der Waals surface area contributed by atoms with Crippen LogP contribution < -0.4 is 24.8 Å². The Kier molecular flexibility index (Phi) is 12.1. The number of rotatable bonds is 15. The number of ether oxygens (including phenoxy) is 4. The summed E-state index contributed by atoms with van der Waals surface area (Å²) in [6.45, 7) is 2.69. The molecule has 0 bridgehead atoms. The molecule has 0 spiro atoms. The highest BCUT2D eigenvalue weighted by molar-refractivity contribution is 5.82. The second-order valence-electron chi connectivity index (χ2n) is 14.7. The Morgan fingerprint density at radius 1 is 0.709 bits per heavy atom. The minimum Gasteiger partial charge on any atom is -0.497 e. The van der Waals surface area contributed by atoms with Crippen LogP contribution in [0.2, 0.25) is 0 Å². The Balaban J connectivity index is 1.01. The molecule has 2 unspecified atom stereocenters. The van der Waals surface area contributed by atoms with E-state index in [1.165, 1.54) is 29.5 Å². The van der Waals surface area contributed by atoms with Gasteiger partial charge in [-0.05, 0) is 82.3 Å². The first-order valence-electron chi connectivity index (χ1n) is 19.3. The lowest BCUT2D eigenvalue weighted by Crippen LogP contribution is -2.35. The van der Waals surface area contributed by atoms with Gasteiger partial charge in [-0.25, -0.2) is 4.79 Å². The molecule has 8 heteroatoms. The van der Waals surface area contributed by atoms with Crippen molar-refractivity contribution in [3.63, 3.8) is 0 Å². The predicted molar refractivity (Wildman–Crippen MR) is 215 cm³/mol. The van der Waals surface area contributed by atoms with E-state index in [9.17, 15) is 9.59 Å². The van der Waals surface area contributed by atoms with Gasteiger partial charge >= 0.3 is 6.09 Å². The van der Waals surface area contributed by atoms with Gasteiger partial charge in [0.15, 0.2) is 5.78 Å². The zero-order valence-corrected chi connectivity index (χ0v) is 31.8. The van der Waals surface area contributed by atoms with Crippen molar-refractivity contribution in [1.82, 2.24) is 10.6 Å². The van der Waals surface area contributed by atoms with Gasteiger partial charge < -0.3 is 29.6 Å². The fraction of sp³-hybridized carbons (Fsp3) is 0.319. The van der Waals surface area contributed by atoms with E-state index in [1.54, 1.807) is 20.3 Å². The first-order valence-corrected chi connectivity index (χ1v) is 19.3. The topological polar surface area (TPSA) is 95.1 Å². The summed E-state index contributed by atoms with van der Waals surface area (Å²) >= 11 is 0. The first-order chi connectivity index (χ1) is 26.9. The normalized spacial score (nSPS) is 17.3. The molecule has 0 saturated heterocycles. The standard InChI is InChI=1S/C47H50N2O6/c1-31-17-19-33(20-18-31)45(32-11-5-4-6-12-32)48-28-35(50)29-54-36-23-21-34(22-24-36)46(42-26-25-37(52-2)27-44(42)53-3)49-47(51)55-30-43-40-15-9-7-13-38(40)39-14-8-10-16-41(39)43/h4-16,21-27,31,33,43,45-46,48H,17-20,28-30H2,1-3H3,(H,49,51). The highest BCUT2D eigenvalue weighted by atomic mass is 16.5. The van der Waals surface area contributed by atoms with Gasteiger partial charge in [0.05, 0.1) is 26.8 Å². The second kappa shape index (κ2) is 17.7. The molecule has 5 aromatic carbocycles. The average Bonchev–Trinajstić information content (AvgIpc) is 3.55. The number of ketones is 1. The molecule has 8 nitrogen and oxygen atoms in total. The Morgan fingerprint density at radius 2 is 1.35 bits per heavy atom. The largest absolute Gasteiger partial charge is 0.497 e. The first kappa shape index (κ1) is 37.7. The van der Waals surface area contributed by atoms with Crippen molar-refractivity contribution in [2.45, 2.75) is 50.6 Å². The van der Waals surface area contributed by atoms with E-state index in [2.05, 4.69) is 66.1 Å². The third kappa shape index (κ3) is 8.87. The number of hydrogen-bond acceptors (Lipinski definition) is 7. The van der Waals surface area contributed by atoms with E-state index in [1.807, 2.05) is 66.7 Å². The van der Waals surface area contributed by atoms with Gasteiger partial charge in [-0.15, -0.1) is 0 Å². The number of methoxy groups -OCH3 is 2. The van der Waals surface area contributed by atoms with Crippen molar-refractivity contribution in [3.05, 3.63) is 149 Å². The van der Waals surface area contributed by atoms with Crippen molar-refractivity contribution in [2.24, 2.45) is 11.8 Å². The molecule has 55 heavy (non-hydrogen) atoms. The third-order valence-corrected chi connectivity index (χ3v) is 11.2. The highest BCUT2D eigenvalue weighted by Crippen LogP contribution is 2.45. The monoisotopic (exact) mass is 738 g/mol. The van der Waals surface area contributed by atoms with E-state index in [-0.39, 0.29) is 37.5 Å². The summed E-state index contributed by atoms with van der Waals surface area (Å²) in [5, 5.41) is 6.66. The maximum absolute atomic E-state index is 13.6.